The Kier molecular flexibility index (Phi) is 4.88. The van der Waals surface area contributed by atoms with Crippen molar-refractivity contribution >= 4 is 0 Å². The average Bonchev–Trinajstić information content (AvgIpc) is 2.29. The zero-order valence-electron chi connectivity index (χ0n) is 9.86. The Labute approximate surface area is 97.3 Å². The van der Waals surface area contributed by atoms with Gasteiger partial charge in [0, 0.05) is 12.0 Å². The number of ether oxygens (including phenoxy) is 1. The molecule has 0 radical (unpaired) electrons. The van der Waals surface area contributed by atoms with E-state index in [2.05, 4.69) is 5.92 Å². The third-order valence-electron chi connectivity index (χ3n) is 2.55. The Balaban J connectivity index is 2.74. The van der Waals surface area contributed by atoms with Crippen LogP contribution in [-0.2, 0) is 0 Å². The molecule has 0 aliphatic carbocycles. The minimum Gasteiger partial charge on any atom is -0.496 e. The molecule has 1 unspecified atom stereocenters. The van der Waals surface area contributed by atoms with E-state index in [1.165, 1.54) is 0 Å². The summed E-state index contributed by atoms with van der Waals surface area (Å²) in [5.74, 6) is 3.31. The SMILES string of the molecule is C#CCCCC(O)c1ccc(C)cc1OC. The Morgan fingerprint density at radius 2 is 2.25 bits per heavy atom. The average molecular weight is 218 g/mol. The van der Waals surface area contributed by atoms with Gasteiger partial charge >= 0.3 is 0 Å². The van der Waals surface area contributed by atoms with E-state index in [-0.39, 0.29) is 0 Å². The Morgan fingerprint density at radius 3 is 2.88 bits per heavy atom. The summed E-state index contributed by atoms with van der Waals surface area (Å²) in [6, 6.07) is 5.82. The molecule has 2 heteroatoms. The molecule has 0 aliphatic rings. The van der Waals surface area contributed by atoms with E-state index >= 15 is 0 Å². The molecule has 1 aromatic rings. The molecule has 0 saturated carbocycles. The maximum Gasteiger partial charge on any atom is 0.124 e. The molecule has 1 aromatic carbocycles. The van der Waals surface area contributed by atoms with E-state index < -0.39 is 6.10 Å². The van der Waals surface area contributed by atoms with Crippen LogP contribution in [-0.4, -0.2) is 12.2 Å². The maximum absolute atomic E-state index is 10.0. The monoisotopic (exact) mass is 218 g/mol. The second kappa shape index (κ2) is 6.19. The molecule has 86 valence electrons. The van der Waals surface area contributed by atoms with Crippen LogP contribution < -0.4 is 4.74 Å². The molecule has 16 heavy (non-hydrogen) atoms. The molecule has 0 amide bonds. The first-order chi connectivity index (χ1) is 7.69. The quantitative estimate of drug-likeness (QED) is 0.608. The van der Waals surface area contributed by atoms with Crippen molar-refractivity contribution < 1.29 is 9.84 Å². The van der Waals surface area contributed by atoms with E-state index in [4.69, 9.17) is 11.2 Å². The van der Waals surface area contributed by atoms with Crippen LogP contribution in [0.3, 0.4) is 0 Å². The van der Waals surface area contributed by atoms with Gasteiger partial charge in [-0.15, -0.1) is 12.3 Å². The molecular formula is C14H18O2. The first kappa shape index (κ1) is 12.6. The fourth-order valence-corrected chi connectivity index (χ4v) is 1.65. The Morgan fingerprint density at radius 1 is 1.50 bits per heavy atom. The zero-order valence-corrected chi connectivity index (χ0v) is 9.86. The zero-order chi connectivity index (χ0) is 12.0. The highest BCUT2D eigenvalue weighted by molar-refractivity contribution is 5.38. The fourth-order valence-electron chi connectivity index (χ4n) is 1.65. The van der Waals surface area contributed by atoms with Crippen LogP contribution in [0.15, 0.2) is 18.2 Å². The number of rotatable bonds is 5. The topological polar surface area (TPSA) is 29.5 Å². The third kappa shape index (κ3) is 3.29. The minimum absolute atomic E-state index is 0.496. The number of benzene rings is 1. The molecule has 1 N–H and O–H groups in total. The standard InChI is InChI=1S/C14H18O2/c1-4-5-6-7-13(15)12-9-8-11(2)10-14(12)16-3/h1,8-10,13,15H,5-7H2,2-3H3. The predicted molar refractivity (Wildman–Crippen MR) is 65.4 cm³/mol. The van der Waals surface area contributed by atoms with E-state index in [1.54, 1.807) is 7.11 Å². The number of aliphatic hydroxyl groups excluding tert-OH is 1. The Bertz CT molecular complexity index is 377. The first-order valence-electron chi connectivity index (χ1n) is 5.45. The van der Waals surface area contributed by atoms with Crippen LogP contribution in [0.2, 0.25) is 0 Å². The van der Waals surface area contributed by atoms with Crippen LogP contribution in [0.5, 0.6) is 5.75 Å². The largest absolute Gasteiger partial charge is 0.496 e. The van der Waals surface area contributed by atoms with Gasteiger partial charge in [0.15, 0.2) is 0 Å². The van der Waals surface area contributed by atoms with Gasteiger partial charge in [0.1, 0.15) is 5.75 Å². The lowest BCUT2D eigenvalue weighted by Crippen LogP contribution is -2.01. The smallest absolute Gasteiger partial charge is 0.124 e. The second-order valence-corrected chi connectivity index (χ2v) is 3.86. The second-order valence-electron chi connectivity index (χ2n) is 3.86. The number of unbranched alkanes of at least 4 members (excludes halogenated alkanes) is 1. The summed E-state index contributed by atoms with van der Waals surface area (Å²) in [7, 11) is 1.62. The summed E-state index contributed by atoms with van der Waals surface area (Å²) in [4.78, 5) is 0. The molecule has 0 aromatic heterocycles. The van der Waals surface area contributed by atoms with Gasteiger partial charge in [-0.3, -0.25) is 0 Å². The Hall–Kier alpha value is -1.46. The van der Waals surface area contributed by atoms with Crippen molar-refractivity contribution in [3.05, 3.63) is 29.3 Å². The summed E-state index contributed by atoms with van der Waals surface area (Å²) in [6.45, 7) is 2.00. The summed E-state index contributed by atoms with van der Waals surface area (Å²) < 4.78 is 5.25. The van der Waals surface area contributed by atoms with E-state index in [0.29, 0.717) is 12.8 Å². The maximum atomic E-state index is 10.0. The van der Waals surface area contributed by atoms with Gasteiger partial charge in [-0.25, -0.2) is 0 Å². The number of aliphatic hydroxyl groups is 1. The van der Waals surface area contributed by atoms with Crippen molar-refractivity contribution in [2.75, 3.05) is 7.11 Å². The fraction of sp³-hybridized carbons (Fsp3) is 0.429. The number of aryl methyl sites for hydroxylation is 1. The highest BCUT2D eigenvalue weighted by Crippen LogP contribution is 2.29. The van der Waals surface area contributed by atoms with Gasteiger partial charge < -0.3 is 9.84 Å². The van der Waals surface area contributed by atoms with Gasteiger partial charge in [0.05, 0.1) is 13.2 Å². The number of hydrogen-bond acceptors (Lipinski definition) is 2. The van der Waals surface area contributed by atoms with Crippen LogP contribution in [0, 0.1) is 19.3 Å². The molecule has 0 spiro atoms. The van der Waals surface area contributed by atoms with Crippen molar-refractivity contribution in [3.8, 4) is 18.1 Å². The summed E-state index contributed by atoms with van der Waals surface area (Å²) in [5, 5.41) is 10.0. The number of hydrogen-bond donors (Lipinski definition) is 1. The van der Waals surface area contributed by atoms with Gasteiger partial charge in [-0.2, -0.15) is 0 Å². The molecule has 1 rings (SSSR count). The number of methoxy groups -OCH3 is 1. The molecular weight excluding hydrogens is 200 g/mol. The predicted octanol–water partition coefficient (Wildman–Crippen LogP) is 2.84. The van der Waals surface area contributed by atoms with Crippen molar-refractivity contribution in [3.63, 3.8) is 0 Å². The lowest BCUT2D eigenvalue weighted by Gasteiger charge is -2.14. The van der Waals surface area contributed by atoms with Crippen molar-refractivity contribution in [1.82, 2.24) is 0 Å². The summed E-state index contributed by atoms with van der Waals surface area (Å²) in [5.41, 5.74) is 1.96. The first-order valence-corrected chi connectivity index (χ1v) is 5.45. The van der Waals surface area contributed by atoms with Gasteiger partial charge in [0.2, 0.25) is 0 Å². The van der Waals surface area contributed by atoms with E-state index in [1.807, 2.05) is 25.1 Å². The molecule has 0 bridgehead atoms. The normalized spacial score (nSPS) is 11.9. The van der Waals surface area contributed by atoms with Crippen LogP contribution in [0.1, 0.15) is 36.5 Å². The molecule has 0 aliphatic heterocycles. The molecule has 1 atom stereocenters. The van der Waals surface area contributed by atoms with E-state index in [0.717, 1.165) is 23.3 Å². The van der Waals surface area contributed by atoms with Crippen LogP contribution in [0.25, 0.3) is 0 Å². The number of terminal acetylenes is 1. The van der Waals surface area contributed by atoms with Gasteiger partial charge in [-0.1, -0.05) is 12.1 Å². The minimum atomic E-state index is -0.496. The molecule has 0 saturated heterocycles. The van der Waals surface area contributed by atoms with Crippen molar-refractivity contribution in [2.45, 2.75) is 32.3 Å². The third-order valence-corrected chi connectivity index (χ3v) is 2.55. The van der Waals surface area contributed by atoms with Crippen molar-refractivity contribution in [2.24, 2.45) is 0 Å². The van der Waals surface area contributed by atoms with E-state index in [9.17, 15) is 5.11 Å². The molecule has 0 fully saturated rings. The molecule has 0 heterocycles. The molecule has 2 nitrogen and oxygen atoms in total. The summed E-state index contributed by atoms with van der Waals surface area (Å²) >= 11 is 0. The highest BCUT2D eigenvalue weighted by Gasteiger charge is 2.12. The van der Waals surface area contributed by atoms with Crippen molar-refractivity contribution in [1.29, 1.82) is 0 Å². The summed E-state index contributed by atoms with van der Waals surface area (Å²) in [6.07, 6.45) is 6.87. The van der Waals surface area contributed by atoms with Crippen LogP contribution in [0.4, 0.5) is 0 Å². The van der Waals surface area contributed by atoms with Gasteiger partial charge in [-0.05, 0) is 31.4 Å². The highest BCUT2D eigenvalue weighted by atomic mass is 16.5. The van der Waals surface area contributed by atoms with Gasteiger partial charge in [0.25, 0.3) is 0 Å². The van der Waals surface area contributed by atoms with Crippen LogP contribution >= 0.6 is 0 Å². The lowest BCUT2D eigenvalue weighted by atomic mass is 10.0. The lowest BCUT2D eigenvalue weighted by molar-refractivity contribution is 0.161.